The van der Waals surface area contributed by atoms with Gasteiger partial charge in [-0.05, 0) is 19.4 Å². The van der Waals surface area contributed by atoms with Gasteiger partial charge in [-0.3, -0.25) is 4.79 Å². The van der Waals surface area contributed by atoms with Crippen LogP contribution >= 0.6 is 0 Å². The Bertz CT molecular complexity index is 246. The fourth-order valence-electron chi connectivity index (χ4n) is 2.30. The van der Waals surface area contributed by atoms with Crippen molar-refractivity contribution in [3.8, 4) is 0 Å². The van der Waals surface area contributed by atoms with E-state index in [1.165, 1.54) is 0 Å². The molecule has 4 nitrogen and oxygen atoms in total. The molecule has 0 aromatic carbocycles. The van der Waals surface area contributed by atoms with Gasteiger partial charge < -0.3 is 14.9 Å². The van der Waals surface area contributed by atoms with Gasteiger partial charge in [-0.15, -0.1) is 0 Å². The smallest absolute Gasteiger partial charge is 0.222 e. The first-order valence-corrected chi connectivity index (χ1v) is 6.67. The van der Waals surface area contributed by atoms with Crippen LogP contribution in [0.2, 0.25) is 0 Å². The molecule has 100 valence electrons. The second kappa shape index (κ2) is 6.97. The normalized spacial score (nSPS) is 20.1. The van der Waals surface area contributed by atoms with Gasteiger partial charge in [0.1, 0.15) is 0 Å². The highest BCUT2D eigenvalue weighted by Crippen LogP contribution is 2.10. The Balaban J connectivity index is 2.23. The number of amides is 1. The zero-order chi connectivity index (χ0) is 12.8. The number of β-amino-alcohol motifs (C(OH)–C–C–N with tert-alkyl or cyclic N) is 1. The highest BCUT2D eigenvalue weighted by molar-refractivity contribution is 5.78. The second-order valence-electron chi connectivity index (χ2n) is 5.33. The molecule has 2 unspecified atom stereocenters. The molecule has 17 heavy (non-hydrogen) atoms. The quantitative estimate of drug-likeness (QED) is 0.723. The summed E-state index contributed by atoms with van der Waals surface area (Å²) in [5, 5.41) is 9.95. The van der Waals surface area contributed by atoms with Crippen LogP contribution in [0, 0.1) is 5.92 Å². The Morgan fingerprint density at radius 2 is 2.18 bits per heavy atom. The van der Waals surface area contributed by atoms with Gasteiger partial charge in [-0.1, -0.05) is 20.3 Å². The maximum absolute atomic E-state index is 11.4. The van der Waals surface area contributed by atoms with E-state index in [4.69, 9.17) is 0 Å². The van der Waals surface area contributed by atoms with Crippen molar-refractivity contribution in [2.75, 3.05) is 33.2 Å². The first-order chi connectivity index (χ1) is 8.02. The largest absolute Gasteiger partial charge is 0.390 e. The molecule has 0 bridgehead atoms. The van der Waals surface area contributed by atoms with Crippen molar-refractivity contribution < 1.29 is 9.90 Å². The molecule has 0 spiro atoms. The van der Waals surface area contributed by atoms with Gasteiger partial charge in [0.15, 0.2) is 0 Å². The number of hydrogen-bond donors (Lipinski definition) is 1. The van der Waals surface area contributed by atoms with Crippen LogP contribution in [0.15, 0.2) is 0 Å². The summed E-state index contributed by atoms with van der Waals surface area (Å²) < 4.78 is 0. The van der Waals surface area contributed by atoms with E-state index in [1.807, 2.05) is 7.05 Å². The number of nitrogens with zero attached hydrogens (tertiary/aromatic N) is 2. The molecule has 0 saturated carbocycles. The monoisotopic (exact) mass is 242 g/mol. The van der Waals surface area contributed by atoms with Crippen molar-refractivity contribution in [1.82, 2.24) is 9.80 Å². The molecule has 1 amide bonds. The molecule has 0 radical (unpaired) electrons. The third kappa shape index (κ3) is 5.04. The van der Waals surface area contributed by atoms with Crippen LogP contribution < -0.4 is 0 Å². The van der Waals surface area contributed by atoms with Crippen LogP contribution in [0.3, 0.4) is 0 Å². The fourth-order valence-corrected chi connectivity index (χ4v) is 2.30. The average Bonchev–Trinajstić information content (AvgIpc) is 2.63. The SMILES string of the molecule is CCC(C)CN(C)CC(O)CN1CCCC1=O. The predicted octanol–water partition coefficient (Wildman–Crippen LogP) is 0.948. The first-order valence-electron chi connectivity index (χ1n) is 6.67. The first kappa shape index (κ1) is 14.5. The lowest BCUT2D eigenvalue weighted by Gasteiger charge is -2.26. The second-order valence-corrected chi connectivity index (χ2v) is 5.33. The summed E-state index contributed by atoms with van der Waals surface area (Å²) in [6, 6.07) is 0. The standard InChI is InChI=1S/C13H26N2O2/c1-4-11(2)8-14(3)9-12(16)10-15-7-5-6-13(15)17/h11-12,16H,4-10H2,1-3H3. The van der Waals surface area contributed by atoms with E-state index in [2.05, 4.69) is 18.7 Å². The van der Waals surface area contributed by atoms with Crippen molar-refractivity contribution in [2.24, 2.45) is 5.92 Å². The number of likely N-dealkylation sites (tertiary alicyclic amines) is 1. The Labute approximate surface area is 105 Å². The van der Waals surface area contributed by atoms with Gasteiger partial charge in [-0.25, -0.2) is 0 Å². The van der Waals surface area contributed by atoms with Crippen molar-refractivity contribution >= 4 is 5.91 Å². The van der Waals surface area contributed by atoms with E-state index in [0.717, 1.165) is 25.9 Å². The Morgan fingerprint density at radius 1 is 1.47 bits per heavy atom. The number of aliphatic hydroxyl groups excluding tert-OH is 1. The van der Waals surface area contributed by atoms with Crippen LogP contribution in [0.25, 0.3) is 0 Å². The molecular formula is C13H26N2O2. The van der Waals surface area contributed by atoms with Gasteiger partial charge in [0, 0.05) is 32.6 Å². The fraction of sp³-hybridized carbons (Fsp3) is 0.923. The van der Waals surface area contributed by atoms with Gasteiger partial charge in [0.05, 0.1) is 6.10 Å². The maximum Gasteiger partial charge on any atom is 0.222 e. The number of rotatable bonds is 7. The lowest BCUT2D eigenvalue weighted by atomic mass is 10.1. The average molecular weight is 242 g/mol. The summed E-state index contributed by atoms with van der Waals surface area (Å²) in [5.74, 6) is 0.842. The Kier molecular flexibility index (Phi) is 5.92. The zero-order valence-corrected chi connectivity index (χ0v) is 11.4. The highest BCUT2D eigenvalue weighted by atomic mass is 16.3. The minimum Gasteiger partial charge on any atom is -0.390 e. The molecule has 1 aliphatic heterocycles. The molecule has 1 heterocycles. The van der Waals surface area contributed by atoms with Gasteiger partial charge in [-0.2, -0.15) is 0 Å². The molecule has 4 heteroatoms. The molecule has 0 aliphatic carbocycles. The van der Waals surface area contributed by atoms with Crippen LogP contribution in [0.1, 0.15) is 33.1 Å². The van der Waals surface area contributed by atoms with Crippen LogP contribution in [0.5, 0.6) is 0 Å². The summed E-state index contributed by atoms with van der Waals surface area (Å²) in [6.45, 7) is 7.34. The maximum atomic E-state index is 11.4. The number of carbonyl (C=O) groups is 1. The topological polar surface area (TPSA) is 43.8 Å². The van der Waals surface area contributed by atoms with E-state index in [1.54, 1.807) is 4.90 Å². The van der Waals surface area contributed by atoms with Crippen molar-refractivity contribution in [3.63, 3.8) is 0 Å². The predicted molar refractivity (Wildman–Crippen MR) is 68.8 cm³/mol. The van der Waals surface area contributed by atoms with E-state index in [9.17, 15) is 9.90 Å². The Morgan fingerprint density at radius 3 is 2.71 bits per heavy atom. The van der Waals surface area contributed by atoms with Gasteiger partial charge in [0.2, 0.25) is 5.91 Å². The molecule has 1 aliphatic rings. The third-order valence-electron chi connectivity index (χ3n) is 3.45. The minimum atomic E-state index is -0.425. The van der Waals surface area contributed by atoms with Gasteiger partial charge >= 0.3 is 0 Å². The number of aliphatic hydroxyl groups is 1. The third-order valence-corrected chi connectivity index (χ3v) is 3.45. The molecule has 1 rings (SSSR count). The van der Waals surface area contributed by atoms with E-state index >= 15 is 0 Å². The van der Waals surface area contributed by atoms with Crippen LogP contribution in [-0.4, -0.2) is 60.1 Å². The van der Waals surface area contributed by atoms with Gasteiger partial charge in [0.25, 0.3) is 0 Å². The summed E-state index contributed by atoms with van der Waals surface area (Å²) in [5.41, 5.74) is 0. The lowest BCUT2D eigenvalue weighted by Crippen LogP contribution is -2.40. The molecule has 1 saturated heterocycles. The molecular weight excluding hydrogens is 216 g/mol. The van der Waals surface area contributed by atoms with Crippen molar-refractivity contribution in [1.29, 1.82) is 0 Å². The van der Waals surface area contributed by atoms with E-state index < -0.39 is 6.10 Å². The number of hydrogen-bond acceptors (Lipinski definition) is 3. The molecule has 0 aromatic rings. The molecule has 1 N–H and O–H groups in total. The van der Waals surface area contributed by atoms with Crippen LogP contribution in [-0.2, 0) is 4.79 Å². The summed E-state index contributed by atoms with van der Waals surface area (Å²) in [4.78, 5) is 15.4. The van der Waals surface area contributed by atoms with E-state index in [0.29, 0.717) is 25.4 Å². The summed E-state index contributed by atoms with van der Waals surface area (Å²) >= 11 is 0. The molecule has 0 aromatic heterocycles. The Hall–Kier alpha value is -0.610. The minimum absolute atomic E-state index is 0.189. The number of likely N-dealkylation sites (N-methyl/N-ethyl adjacent to an activating group) is 1. The van der Waals surface area contributed by atoms with Crippen LogP contribution in [0.4, 0.5) is 0 Å². The summed E-state index contributed by atoms with van der Waals surface area (Å²) in [6.07, 6.45) is 2.32. The lowest BCUT2D eigenvalue weighted by molar-refractivity contribution is -0.129. The van der Waals surface area contributed by atoms with Crippen molar-refractivity contribution in [3.05, 3.63) is 0 Å². The summed E-state index contributed by atoms with van der Waals surface area (Å²) in [7, 11) is 2.03. The number of carbonyl (C=O) groups excluding carboxylic acids is 1. The van der Waals surface area contributed by atoms with Crippen molar-refractivity contribution in [2.45, 2.75) is 39.2 Å². The zero-order valence-electron chi connectivity index (χ0n) is 11.4. The molecule has 2 atom stereocenters. The van der Waals surface area contributed by atoms with E-state index in [-0.39, 0.29) is 5.91 Å². The molecule has 1 fully saturated rings. The highest BCUT2D eigenvalue weighted by Gasteiger charge is 2.23.